The van der Waals surface area contributed by atoms with Gasteiger partial charge in [-0.3, -0.25) is 4.98 Å². The molecule has 0 aliphatic heterocycles. The molecule has 0 saturated carbocycles. The molecule has 2 atom stereocenters. The van der Waals surface area contributed by atoms with E-state index in [2.05, 4.69) is 18.8 Å². The highest BCUT2D eigenvalue weighted by atomic mass is 16.5. The molecule has 2 N–H and O–H groups in total. The third-order valence-electron chi connectivity index (χ3n) is 2.70. The molecule has 1 heterocycles. The molecule has 1 rings (SSSR count). The summed E-state index contributed by atoms with van der Waals surface area (Å²) >= 11 is 0. The maximum Gasteiger partial charge on any atom is 0.137 e. The van der Waals surface area contributed by atoms with Crippen LogP contribution in [-0.4, -0.2) is 24.8 Å². The molecule has 0 saturated heterocycles. The van der Waals surface area contributed by atoms with Crippen LogP contribution in [0.4, 0.5) is 0 Å². The lowest BCUT2D eigenvalue weighted by Crippen LogP contribution is -2.27. The fraction of sp³-hybridized carbons (Fsp3) is 0.615. The van der Waals surface area contributed by atoms with Crippen LogP contribution < -0.4 is 10.5 Å². The molecule has 2 unspecified atom stereocenters. The highest BCUT2D eigenvalue weighted by Crippen LogP contribution is 2.21. The van der Waals surface area contributed by atoms with Crippen molar-refractivity contribution < 1.29 is 9.47 Å². The lowest BCUT2D eigenvalue weighted by Gasteiger charge is -2.21. The fourth-order valence-corrected chi connectivity index (χ4v) is 1.70. The summed E-state index contributed by atoms with van der Waals surface area (Å²) < 4.78 is 10.9. The normalized spacial score (nSPS) is 14.4. The third kappa shape index (κ3) is 3.98. The number of hydrogen-bond acceptors (Lipinski definition) is 4. The second-order valence-electron chi connectivity index (χ2n) is 4.01. The zero-order chi connectivity index (χ0) is 12.7. The van der Waals surface area contributed by atoms with Gasteiger partial charge in [-0.15, -0.1) is 0 Å². The van der Waals surface area contributed by atoms with Gasteiger partial charge in [0.05, 0.1) is 24.9 Å². The van der Waals surface area contributed by atoms with Crippen molar-refractivity contribution >= 4 is 0 Å². The quantitative estimate of drug-likeness (QED) is 0.792. The van der Waals surface area contributed by atoms with Crippen LogP contribution in [-0.2, 0) is 4.74 Å². The average molecular weight is 238 g/mol. The van der Waals surface area contributed by atoms with E-state index in [-0.39, 0.29) is 12.1 Å². The van der Waals surface area contributed by atoms with E-state index in [0.717, 1.165) is 24.2 Å². The summed E-state index contributed by atoms with van der Waals surface area (Å²) in [4.78, 5) is 4.15. The molecule has 4 heteroatoms. The lowest BCUT2D eigenvalue weighted by molar-refractivity contribution is 0.0770. The van der Waals surface area contributed by atoms with Crippen LogP contribution in [0.15, 0.2) is 18.5 Å². The Bertz CT molecular complexity index is 327. The number of ether oxygens (including phenoxy) is 2. The van der Waals surface area contributed by atoms with Crippen LogP contribution >= 0.6 is 0 Å². The van der Waals surface area contributed by atoms with Crippen LogP contribution in [0.2, 0.25) is 0 Å². The van der Waals surface area contributed by atoms with E-state index in [4.69, 9.17) is 15.2 Å². The van der Waals surface area contributed by atoms with Crippen LogP contribution in [0.25, 0.3) is 0 Å². The summed E-state index contributed by atoms with van der Waals surface area (Å²) in [5.41, 5.74) is 7.09. The summed E-state index contributed by atoms with van der Waals surface area (Å²) in [5, 5.41) is 0. The maximum absolute atomic E-state index is 6.14. The van der Waals surface area contributed by atoms with E-state index in [9.17, 15) is 0 Å². The first-order chi connectivity index (χ1) is 8.22. The zero-order valence-corrected chi connectivity index (χ0v) is 10.8. The molecular weight excluding hydrogens is 216 g/mol. The van der Waals surface area contributed by atoms with Gasteiger partial charge in [0.25, 0.3) is 0 Å². The first-order valence-corrected chi connectivity index (χ1v) is 6.09. The van der Waals surface area contributed by atoms with Crippen molar-refractivity contribution in [3.05, 3.63) is 24.0 Å². The monoisotopic (exact) mass is 238 g/mol. The fourth-order valence-electron chi connectivity index (χ4n) is 1.70. The van der Waals surface area contributed by atoms with Crippen molar-refractivity contribution in [1.82, 2.24) is 4.98 Å². The summed E-state index contributed by atoms with van der Waals surface area (Å²) in [6.45, 7) is 4.82. The number of nitrogens with zero attached hydrogens (tertiary/aromatic N) is 1. The molecule has 0 aliphatic rings. The number of aromatic nitrogens is 1. The Morgan fingerprint density at radius 2 is 2.12 bits per heavy atom. The average Bonchev–Trinajstić information content (AvgIpc) is 2.38. The summed E-state index contributed by atoms with van der Waals surface area (Å²) in [6, 6.07) is 1.78. The molecule has 1 aromatic rings. The van der Waals surface area contributed by atoms with Gasteiger partial charge < -0.3 is 15.2 Å². The SMILES string of the molecule is CCCOc1cncc(C(N)C(CC)OC)c1. The van der Waals surface area contributed by atoms with Gasteiger partial charge in [0, 0.05) is 13.3 Å². The molecule has 17 heavy (non-hydrogen) atoms. The molecule has 0 spiro atoms. The molecule has 1 aromatic heterocycles. The Morgan fingerprint density at radius 3 is 2.71 bits per heavy atom. The van der Waals surface area contributed by atoms with Gasteiger partial charge in [-0.05, 0) is 24.5 Å². The minimum absolute atomic E-state index is 0.0122. The molecule has 0 fully saturated rings. The number of rotatable bonds is 7. The molecular formula is C13H22N2O2. The van der Waals surface area contributed by atoms with Crippen molar-refractivity contribution in [3.63, 3.8) is 0 Å². The van der Waals surface area contributed by atoms with Gasteiger partial charge in [0.1, 0.15) is 5.75 Å². The number of nitrogens with two attached hydrogens (primary N) is 1. The highest BCUT2D eigenvalue weighted by molar-refractivity contribution is 5.26. The Labute approximate surface area is 103 Å². The highest BCUT2D eigenvalue weighted by Gasteiger charge is 2.17. The minimum Gasteiger partial charge on any atom is -0.492 e. The topological polar surface area (TPSA) is 57.4 Å². The molecule has 0 aliphatic carbocycles. The second kappa shape index (κ2) is 7.25. The van der Waals surface area contributed by atoms with E-state index in [1.165, 1.54) is 0 Å². The first-order valence-electron chi connectivity index (χ1n) is 6.09. The van der Waals surface area contributed by atoms with Crippen LogP contribution in [0.5, 0.6) is 5.75 Å². The summed E-state index contributed by atoms with van der Waals surface area (Å²) in [7, 11) is 1.68. The van der Waals surface area contributed by atoms with Gasteiger partial charge in [-0.25, -0.2) is 0 Å². The Balaban J connectivity index is 2.75. The van der Waals surface area contributed by atoms with Crippen molar-refractivity contribution in [3.8, 4) is 5.75 Å². The van der Waals surface area contributed by atoms with Crippen molar-refractivity contribution in [2.75, 3.05) is 13.7 Å². The van der Waals surface area contributed by atoms with Gasteiger partial charge in [0.2, 0.25) is 0 Å². The Hall–Kier alpha value is -1.13. The zero-order valence-electron chi connectivity index (χ0n) is 10.8. The minimum atomic E-state index is -0.164. The molecule has 0 bridgehead atoms. The predicted molar refractivity (Wildman–Crippen MR) is 68.0 cm³/mol. The van der Waals surface area contributed by atoms with E-state index in [1.807, 2.05) is 6.07 Å². The molecule has 4 nitrogen and oxygen atoms in total. The van der Waals surface area contributed by atoms with Gasteiger partial charge in [0.15, 0.2) is 0 Å². The predicted octanol–water partition coefficient (Wildman–Crippen LogP) is 2.30. The van der Waals surface area contributed by atoms with Gasteiger partial charge in [-0.1, -0.05) is 13.8 Å². The van der Waals surface area contributed by atoms with E-state index in [1.54, 1.807) is 19.5 Å². The maximum atomic E-state index is 6.14. The molecule has 0 radical (unpaired) electrons. The largest absolute Gasteiger partial charge is 0.492 e. The number of hydrogen-bond donors (Lipinski definition) is 1. The smallest absolute Gasteiger partial charge is 0.137 e. The lowest BCUT2D eigenvalue weighted by atomic mass is 10.0. The van der Waals surface area contributed by atoms with Crippen LogP contribution in [0, 0.1) is 0 Å². The van der Waals surface area contributed by atoms with Crippen LogP contribution in [0.1, 0.15) is 38.3 Å². The van der Waals surface area contributed by atoms with E-state index in [0.29, 0.717) is 6.61 Å². The molecule has 0 amide bonds. The summed E-state index contributed by atoms with van der Waals surface area (Å²) in [5.74, 6) is 0.769. The van der Waals surface area contributed by atoms with Gasteiger partial charge >= 0.3 is 0 Å². The van der Waals surface area contributed by atoms with Crippen molar-refractivity contribution in [1.29, 1.82) is 0 Å². The summed E-state index contributed by atoms with van der Waals surface area (Å²) in [6.07, 6.45) is 5.34. The van der Waals surface area contributed by atoms with Gasteiger partial charge in [-0.2, -0.15) is 0 Å². The third-order valence-corrected chi connectivity index (χ3v) is 2.70. The first kappa shape index (κ1) is 13.9. The molecule has 96 valence electrons. The molecule has 0 aromatic carbocycles. The number of pyridine rings is 1. The Kier molecular flexibility index (Phi) is 5.94. The van der Waals surface area contributed by atoms with Crippen molar-refractivity contribution in [2.24, 2.45) is 5.73 Å². The Morgan fingerprint density at radius 1 is 1.35 bits per heavy atom. The van der Waals surface area contributed by atoms with Crippen molar-refractivity contribution in [2.45, 2.75) is 38.8 Å². The van der Waals surface area contributed by atoms with E-state index >= 15 is 0 Å². The second-order valence-corrected chi connectivity index (χ2v) is 4.01. The number of methoxy groups -OCH3 is 1. The standard InChI is InChI=1S/C13H22N2O2/c1-4-6-17-11-7-10(8-15-9-11)13(14)12(5-2)16-3/h7-9,12-13H,4-6,14H2,1-3H3. The van der Waals surface area contributed by atoms with Crippen LogP contribution in [0.3, 0.4) is 0 Å². The van der Waals surface area contributed by atoms with E-state index < -0.39 is 0 Å².